The third-order valence-corrected chi connectivity index (χ3v) is 3.36. The Morgan fingerprint density at radius 2 is 2.18 bits per heavy atom. The number of nitrogens with zero attached hydrogens (tertiary/aromatic N) is 1. The summed E-state index contributed by atoms with van der Waals surface area (Å²) in [7, 11) is 0. The molecule has 2 rings (SSSR count). The number of ether oxygens (including phenoxy) is 1. The topological polar surface area (TPSA) is 38.5 Å². The second kappa shape index (κ2) is 5.71. The summed E-state index contributed by atoms with van der Waals surface area (Å²) in [6, 6.07) is 6.10. The van der Waals surface area contributed by atoms with E-state index in [9.17, 15) is 0 Å². The summed E-state index contributed by atoms with van der Waals surface area (Å²) in [4.78, 5) is 2.28. The van der Waals surface area contributed by atoms with Gasteiger partial charge in [-0.3, -0.25) is 0 Å². The molecule has 0 amide bonds. The summed E-state index contributed by atoms with van der Waals surface area (Å²) in [5, 5.41) is 0.779. The van der Waals surface area contributed by atoms with Crippen LogP contribution in [0.4, 0.5) is 5.69 Å². The third kappa shape index (κ3) is 3.12. The normalized spacial score (nSPS) is 18.9. The van der Waals surface area contributed by atoms with Crippen molar-refractivity contribution in [1.82, 2.24) is 0 Å². The summed E-state index contributed by atoms with van der Waals surface area (Å²) in [5.41, 5.74) is 8.00. The molecule has 0 aliphatic carbocycles. The molecule has 0 saturated carbocycles. The smallest absolute Gasteiger partial charge is 0.0642 e. The first-order valence-electron chi connectivity index (χ1n) is 6.06. The van der Waals surface area contributed by atoms with Gasteiger partial charge in [-0.25, -0.2) is 0 Å². The van der Waals surface area contributed by atoms with Crippen molar-refractivity contribution in [2.24, 2.45) is 5.73 Å². The maximum absolute atomic E-state index is 6.32. The van der Waals surface area contributed by atoms with Gasteiger partial charge in [-0.1, -0.05) is 17.7 Å². The molecular weight excluding hydrogens is 236 g/mol. The Kier molecular flexibility index (Phi) is 4.26. The Morgan fingerprint density at radius 1 is 1.35 bits per heavy atom. The molecule has 0 aromatic heterocycles. The summed E-state index contributed by atoms with van der Waals surface area (Å²) < 4.78 is 5.44. The predicted octanol–water partition coefficient (Wildman–Crippen LogP) is 2.59. The molecule has 1 aromatic carbocycles. The number of benzene rings is 1. The van der Waals surface area contributed by atoms with Gasteiger partial charge in [-0.15, -0.1) is 0 Å². The molecule has 1 aliphatic rings. The summed E-state index contributed by atoms with van der Waals surface area (Å²) in [6.07, 6.45) is 1.05. The van der Waals surface area contributed by atoms with E-state index in [-0.39, 0.29) is 6.04 Å². The molecule has 0 unspecified atom stereocenters. The Morgan fingerprint density at radius 3 is 2.88 bits per heavy atom. The molecule has 1 fully saturated rings. The number of anilines is 1. The summed E-state index contributed by atoms with van der Waals surface area (Å²) in [5.74, 6) is 0. The van der Waals surface area contributed by atoms with Crippen LogP contribution >= 0.6 is 11.6 Å². The fourth-order valence-electron chi connectivity index (χ4n) is 2.05. The maximum atomic E-state index is 6.32. The molecule has 94 valence electrons. The zero-order valence-corrected chi connectivity index (χ0v) is 10.9. The third-order valence-electron chi connectivity index (χ3n) is 3.06. The van der Waals surface area contributed by atoms with Crippen LogP contribution in [0.25, 0.3) is 0 Å². The van der Waals surface area contributed by atoms with E-state index in [1.165, 1.54) is 0 Å². The summed E-state index contributed by atoms with van der Waals surface area (Å²) >= 11 is 6.32. The SMILES string of the molecule is C[C@H](N)c1ccc(N2CCCOCC2)c(Cl)c1. The van der Waals surface area contributed by atoms with E-state index in [2.05, 4.69) is 17.0 Å². The lowest BCUT2D eigenvalue weighted by Crippen LogP contribution is -2.26. The number of halogens is 1. The largest absolute Gasteiger partial charge is 0.380 e. The monoisotopic (exact) mass is 254 g/mol. The van der Waals surface area contributed by atoms with Gasteiger partial charge in [0, 0.05) is 25.7 Å². The second-order valence-electron chi connectivity index (χ2n) is 4.45. The number of hydrogen-bond donors (Lipinski definition) is 1. The van der Waals surface area contributed by atoms with Gasteiger partial charge in [0.25, 0.3) is 0 Å². The standard InChI is InChI=1S/C13H19ClN2O/c1-10(15)11-3-4-13(12(14)9-11)16-5-2-7-17-8-6-16/h3-4,9-10H,2,5-8,15H2,1H3/t10-/m0/s1. The van der Waals surface area contributed by atoms with Crippen molar-refractivity contribution in [3.63, 3.8) is 0 Å². The molecule has 1 heterocycles. The zero-order valence-electron chi connectivity index (χ0n) is 10.2. The number of hydrogen-bond acceptors (Lipinski definition) is 3. The molecule has 1 saturated heterocycles. The Hall–Kier alpha value is -0.770. The lowest BCUT2D eigenvalue weighted by atomic mass is 10.1. The molecule has 0 radical (unpaired) electrons. The van der Waals surface area contributed by atoms with Crippen molar-refractivity contribution in [3.8, 4) is 0 Å². The van der Waals surface area contributed by atoms with Crippen molar-refractivity contribution in [2.45, 2.75) is 19.4 Å². The Labute approximate surface area is 107 Å². The molecule has 4 heteroatoms. The van der Waals surface area contributed by atoms with Crippen LogP contribution in [-0.2, 0) is 4.74 Å². The van der Waals surface area contributed by atoms with Gasteiger partial charge < -0.3 is 15.4 Å². The van der Waals surface area contributed by atoms with Gasteiger partial charge in [0.2, 0.25) is 0 Å². The van der Waals surface area contributed by atoms with E-state index in [4.69, 9.17) is 22.1 Å². The van der Waals surface area contributed by atoms with E-state index < -0.39 is 0 Å². The van der Waals surface area contributed by atoms with Gasteiger partial charge in [0.05, 0.1) is 17.3 Å². The van der Waals surface area contributed by atoms with Crippen LogP contribution in [0.15, 0.2) is 18.2 Å². The fraction of sp³-hybridized carbons (Fsp3) is 0.538. The van der Waals surface area contributed by atoms with Crippen molar-refractivity contribution in [1.29, 1.82) is 0 Å². The molecule has 1 aliphatic heterocycles. The zero-order chi connectivity index (χ0) is 12.3. The molecule has 3 nitrogen and oxygen atoms in total. The molecule has 2 N–H and O–H groups in total. The maximum Gasteiger partial charge on any atom is 0.0642 e. The van der Waals surface area contributed by atoms with Crippen molar-refractivity contribution < 1.29 is 4.74 Å². The minimum Gasteiger partial charge on any atom is -0.380 e. The van der Waals surface area contributed by atoms with E-state index >= 15 is 0 Å². The average Bonchev–Trinajstić information content (AvgIpc) is 2.57. The quantitative estimate of drug-likeness (QED) is 0.882. The van der Waals surface area contributed by atoms with Crippen molar-refractivity contribution in [2.75, 3.05) is 31.2 Å². The van der Waals surface area contributed by atoms with Crippen molar-refractivity contribution >= 4 is 17.3 Å². The van der Waals surface area contributed by atoms with Crippen LogP contribution in [0.3, 0.4) is 0 Å². The van der Waals surface area contributed by atoms with Crippen LogP contribution in [0.1, 0.15) is 24.9 Å². The van der Waals surface area contributed by atoms with E-state index in [0.29, 0.717) is 0 Å². The second-order valence-corrected chi connectivity index (χ2v) is 4.86. The van der Waals surface area contributed by atoms with Gasteiger partial charge in [-0.2, -0.15) is 0 Å². The minimum absolute atomic E-state index is 0.0222. The minimum atomic E-state index is 0.0222. The number of nitrogens with two attached hydrogens (primary N) is 1. The highest BCUT2D eigenvalue weighted by Gasteiger charge is 2.13. The first kappa shape index (κ1) is 12.7. The molecule has 17 heavy (non-hydrogen) atoms. The van der Waals surface area contributed by atoms with Crippen LogP contribution in [0, 0.1) is 0 Å². The predicted molar refractivity (Wildman–Crippen MR) is 71.7 cm³/mol. The summed E-state index contributed by atoms with van der Waals surface area (Å²) in [6.45, 7) is 5.47. The molecule has 1 atom stereocenters. The highest BCUT2D eigenvalue weighted by molar-refractivity contribution is 6.33. The molecular formula is C13H19ClN2O. The van der Waals surface area contributed by atoms with E-state index in [0.717, 1.165) is 49.0 Å². The van der Waals surface area contributed by atoms with Gasteiger partial charge in [0.1, 0.15) is 0 Å². The molecule has 0 bridgehead atoms. The Bertz CT molecular complexity index is 374. The van der Waals surface area contributed by atoms with Crippen molar-refractivity contribution in [3.05, 3.63) is 28.8 Å². The van der Waals surface area contributed by atoms with E-state index in [1.54, 1.807) is 0 Å². The average molecular weight is 255 g/mol. The van der Waals surface area contributed by atoms with Gasteiger partial charge >= 0.3 is 0 Å². The molecule has 0 spiro atoms. The highest BCUT2D eigenvalue weighted by Crippen LogP contribution is 2.29. The lowest BCUT2D eigenvalue weighted by molar-refractivity contribution is 0.152. The Balaban J connectivity index is 2.19. The van der Waals surface area contributed by atoms with Crippen LogP contribution in [-0.4, -0.2) is 26.3 Å². The first-order valence-corrected chi connectivity index (χ1v) is 6.44. The first-order chi connectivity index (χ1) is 8.18. The molecule has 1 aromatic rings. The van der Waals surface area contributed by atoms with Crippen LogP contribution < -0.4 is 10.6 Å². The van der Waals surface area contributed by atoms with Crippen LogP contribution in [0.2, 0.25) is 5.02 Å². The fourth-order valence-corrected chi connectivity index (χ4v) is 2.36. The number of rotatable bonds is 2. The van der Waals surface area contributed by atoms with Gasteiger partial charge in [-0.05, 0) is 31.0 Å². The highest BCUT2D eigenvalue weighted by atomic mass is 35.5. The lowest BCUT2D eigenvalue weighted by Gasteiger charge is -2.23. The van der Waals surface area contributed by atoms with E-state index in [1.807, 2.05) is 13.0 Å². The van der Waals surface area contributed by atoms with Gasteiger partial charge in [0.15, 0.2) is 0 Å². The van der Waals surface area contributed by atoms with Crippen LogP contribution in [0.5, 0.6) is 0 Å².